The predicted octanol–water partition coefficient (Wildman–Crippen LogP) is 2.95. The fourth-order valence-electron chi connectivity index (χ4n) is 5.48. The van der Waals surface area contributed by atoms with Crippen LogP contribution in [0.1, 0.15) is 49.4 Å². The summed E-state index contributed by atoms with van der Waals surface area (Å²) in [6.45, 7) is 1.61. The van der Waals surface area contributed by atoms with E-state index in [0.29, 0.717) is 28.0 Å². The van der Waals surface area contributed by atoms with Gasteiger partial charge in [-0.15, -0.1) is 5.10 Å². The Balaban J connectivity index is 1.60. The molecule has 1 aliphatic carbocycles. The van der Waals surface area contributed by atoms with Crippen molar-refractivity contribution in [2.75, 3.05) is 19.0 Å². The van der Waals surface area contributed by atoms with Crippen LogP contribution in [0.4, 0.5) is 5.69 Å². The summed E-state index contributed by atoms with van der Waals surface area (Å²) in [5, 5.41) is 16.0. The molecule has 0 bridgehead atoms. The number of carbonyl (C=O) groups excluding carboxylic acids is 2. The van der Waals surface area contributed by atoms with E-state index in [4.69, 9.17) is 0 Å². The zero-order chi connectivity index (χ0) is 30.0. The van der Waals surface area contributed by atoms with Crippen LogP contribution in [0.25, 0.3) is 11.0 Å². The van der Waals surface area contributed by atoms with Gasteiger partial charge in [0, 0.05) is 44.6 Å². The van der Waals surface area contributed by atoms with E-state index < -0.39 is 22.0 Å². The topological polar surface area (TPSA) is 135 Å². The van der Waals surface area contributed by atoms with E-state index >= 15 is 0 Å². The van der Waals surface area contributed by atoms with Gasteiger partial charge in [0.15, 0.2) is 0 Å². The Bertz CT molecular complexity index is 1690. The molecule has 0 saturated heterocycles. The molecule has 5 rings (SSSR count). The Morgan fingerprint density at radius 3 is 2.38 bits per heavy atom. The summed E-state index contributed by atoms with van der Waals surface area (Å²) < 4.78 is 29.8. The molecule has 42 heavy (non-hydrogen) atoms. The summed E-state index contributed by atoms with van der Waals surface area (Å²) in [7, 11) is 0.977. The minimum atomic E-state index is -3.70. The third kappa shape index (κ3) is 5.93. The molecule has 0 radical (unpaired) electrons. The van der Waals surface area contributed by atoms with Crippen molar-refractivity contribution in [1.29, 1.82) is 0 Å². The van der Waals surface area contributed by atoms with Gasteiger partial charge in [-0.2, -0.15) is 5.10 Å². The SMILES string of the molecule is Cc1nn(C)cc1[C@H](C(=O)NC1CCCCC1)N(C(=O)Cn1nnc2ccccc21)c1ccc(S(=O)(=O)N(C)C)cc1. The molecule has 2 aromatic heterocycles. The van der Waals surface area contributed by atoms with Crippen molar-refractivity contribution in [1.82, 2.24) is 34.4 Å². The van der Waals surface area contributed by atoms with Crippen LogP contribution in [-0.4, -0.2) is 69.4 Å². The molecule has 12 nitrogen and oxygen atoms in total. The molecule has 1 saturated carbocycles. The second kappa shape index (κ2) is 12.0. The number of para-hydroxylation sites is 1. The lowest BCUT2D eigenvalue weighted by Gasteiger charge is -2.33. The molecular weight excluding hydrogens is 556 g/mol. The molecule has 222 valence electrons. The number of hydrogen-bond acceptors (Lipinski definition) is 7. The zero-order valence-corrected chi connectivity index (χ0v) is 25.1. The van der Waals surface area contributed by atoms with Gasteiger partial charge in [0.25, 0.3) is 0 Å². The summed E-state index contributed by atoms with van der Waals surface area (Å²) in [6.07, 6.45) is 6.70. The number of hydrogen-bond donors (Lipinski definition) is 1. The van der Waals surface area contributed by atoms with Gasteiger partial charge in [-0.25, -0.2) is 17.4 Å². The van der Waals surface area contributed by atoms with Crippen LogP contribution in [0.5, 0.6) is 0 Å². The van der Waals surface area contributed by atoms with E-state index in [-0.39, 0.29) is 23.4 Å². The Kier molecular flexibility index (Phi) is 8.41. The number of rotatable bonds is 9. The Labute approximate surface area is 245 Å². The number of aryl methyl sites for hydroxylation is 2. The first-order valence-corrected chi connectivity index (χ1v) is 15.4. The number of amides is 2. The fraction of sp³-hybridized carbons (Fsp3) is 0.414. The van der Waals surface area contributed by atoms with E-state index in [1.54, 1.807) is 37.0 Å². The van der Waals surface area contributed by atoms with Crippen LogP contribution in [0.3, 0.4) is 0 Å². The van der Waals surface area contributed by atoms with Gasteiger partial charge in [-0.1, -0.05) is 36.6 Å². The second-order valence-electron chi connectivity index (χ2n) is 10.9. The zero-order valence-electron chi connectivity index (χ0n) is 24.3. The van der Waals surface area contributed by atoms with Crippen LogP contribution >= 0.6 is 0 Å². The first-order chi connectivity index (χ1) is 20.1. The van der Waals surface area contributed by atoms with Crippen molar-refractivity contribution < 1.29 is 18.0 Å². The molecule has 2 heterocycles. The third-order valence-corrected chi connectivity index (χ3v) is 9.50. The van der Waals surface area contributed by atoms with Crippen LogP contribution in [0.15, 0.2) is 59.6 Å². The second-order valence-corrected chi connectivity index (χ2v) is 13.0. The number of benzene rings is 2. The van der Waals surface area contributed by atoms with Crippen molar-refractivity contribution in [3.05, 3.63) is 66.0 Å². The molecule has 1 fully saturated rings. The monoisotopic (exact) mass is 592 g/mol. The molecule has 2 aromatic carbocycles. The van der Waals surface area contributed by atoms with Crippen molar-refractivity contribution in [3.63, 3.8) is 0 Å². The molecule has 13 heteroatoms. The summed E-state index contributed by atoms with van der Waals surface area (Å²) >= 11 is 0. The molecule has 1 N–H and O–H groups in total. The highest BCUT2D eigenvalue weighted by atomic mass is 32.2. The van der Waals surface area contributed by atoms with Gasteiger partial charge in [-0.05, 0) is 56.2 Å². The number of anilines is 1. The van der Waals surface area contributed by atoms with Gasteiger partial charge in [0.05, 0.1) is 16.1 Å². The molecule has 0 spiro atoms. The summed E-state index contributed by atoms with van der Waals surface area (Å²) in [4.78, 5) is 29.9. The van der Waals surface area contributed by atoms with E-state index in [2.05, 4.69) is 20.7 Å². The first-order valence-electron chi connectivity index (χ1n) is 14.0. The van der Waals surface area contributed by atoms with E-state index in [9.17, 15) is 18.0 Å². The summed E-state index contributed by atoms with van der Waals surface area (Å²) in [6, 6.07) is 12.3. The number of fused-ring (bicyclic) bond motifs is 1. The third-order valence-electron chi connectivity index (χ3n) is 7.67. The molecule has 0 unspecified atom stereocenters. The molecular formula is C29H36N8O4S. The van der Waals surface area contributed by atoms with Gasteiger partial charge < -0.3 is 5.32 Å². The highest BCUT2D eigenvalue weighted by Crippen LogP contribution is 2.32. The van der Waals surface area contributed by atoms with Gasteiger partial charge in [-0.3, -0.25) is 19.2 Å². The number of nitrogens with zero attached hydrogens (tertiary/aromatic N) is 7. The highest BCUT2D eigenvalue weighted by molar-refractivity contribution is 7.89. The number of carbonyl (C=O) groups is 2. The lowest BCUT2D eigenvalue weighted by atomic mass is 9.94. The lowest BCUT2D eigenvalue weighted by molar-refractivity contribution is -0.127. The quantitative estimate of drug-likeness (QED) is 0.316. The van der Waals surface area contributed by atoms with E-state index in [1.807, 2.05) is 24.3 Å². The highest BCUT2D eigenvalue weighted by Gasteiger charge is 2.36. The smallest absolute Gasteiger partial charge is 0.249 e. The van der Waals surface area contributed by atoms with Crippen LogP contribution in [0, 0.1) is 6.92 Å². The maximum Gasteiger partial charge on any atom is 0.249 e. The van der Waals surface area contributed by atoms with Crippen molar-refractivity contribution >= 4 is 38.6 Å². The Morgan fingerprint density at radius 1 is 1.05 bits per heavy atom. The largest absolute Gasteiger partial charge is 0.351 e. The normalized spacial score (nSPS) is 15.2. The van der Waals surface area contributed by atoms with Crippen LogP contribution in [0.2, 0.25) is 0 Å². The fourth-order valence-corrected chi connectivity index (χ4v) is 6.38. The van der Waals surface area contributed by atoms with Crippen molar-refractivity contribution in [2.24, 2.45) is 7.05 Å². The molecule has 2 amide bonds. The predicted molar refractivity (Wildman–Crippen MR) is 158 cm³/mol. The number of aromatic nitrogens is 5. The molecule has 1 aliphatic rings. The molecule has 1 atom stereocenters. The Hall–Kier alpha value is -4.10. The van der Waals surface area contributed by atoms with Gasteiger partial charge >= 0.3 is 0 Å². The lowest BCUT2D eigenvalue weighted by Crippen LogP contribution is -2.48. The minimum Gasteiger partial charge on any atom is -0.351 e. The van der Waals surface area contributed by atoms with Crippen molar-refractivity contribution in [2.45, 2.75) is 62.6 Å². The standard InChI is InChI=1S/C29H36N8O4S/c1-20-24(18-35(4)32-20)28(29(39)30-21-10-6-5-7-11-21)37(22-14-16-23(17-15-22)42(40,41)34(2)3)27(38)19-36-26-13-9-8-12-25(26)31-33-36/h8-9,12-18,21,28H,5-7,10-11,19H2,1-4H3,(H,30,39)/t28-/m1/s1. The number of nitrogens with one attached hydrogen (secondary N) is 1. The molecule has 0 aliphatic heterocycles. The van der Waals surface area contributed by atoms with Crippen LogP contribution in [-0.2, 0) is 33.2 Å². The van der Waals surface area contributed by atoms with E-state index in [1.165, 1.54) is 35.8 Å². The van der Waals surface area contributed by atoms with Crippen molar-refractivity contribution in [3.8, 4) is 0 Å². The maximum absolute atomic E-state index is 14.3. The average molecular weight is 593 g/mol. The van der Waals surface area contributed by atoms with E-state index in [0.717, 1.165) is 36.4 Å². The first kappa shape index (κ1) is 29.4. The summed E-state index contributed by atoms with van der Waals surface area (Å²) in [5.74, 6) is -0.735. The number of sulfonamides is 1. The van der Waals surface area contributed by atoms with Crippen LogP contribution < -0.4 is 10.2 Å². The average Bonchev–Trinajstić information content (AvgIpc) is 3.53. The summed E-state index contributed by atoms with van der Waals surface area (Å²) in [5.41, 5.74) is 2.88. The Morgan fingerprint density at radius 2 is 1.74 bits per heavy atom. The van der Waals surface area contributed by atoms with Gasteiger partial charge in [0.1, 0.15) is 18.1 Å². The van der Waals surface area contributed by atoms with Gasteiger partial charge in [0.2, 0.25) is 21.8 Å². The molecule has 4 aromatic rings. The maximum atomic E-state index is 14.3. The minimum absolute atomic E-state index is 0.00884.